The van der Waals surface area contributed by atoms with Gasteiger partial charge in [0.2, 0.25) is 0 Å². The summed E-state index contributed by atoms with van der Waals surface area (Å²) in [6.45, 7) is 1.30. The molecule has 6 nitrogen and oxygen atoms in total. The third-order valence-corrected chi connectivity index (χ3v) is 3.19. The summed E-state index contributed by atoms with van der Waals surface area (Å²) in [4.78, 5) is 13.6. The average Bonchev–Trinajstić information content (AvgIpc) is 2.43. The SMILES string of the molecule is CN(C)CCNC(=S)NNC(=O)COc1ccc(Cl)cc1Cl. The maximum Gasteiger partial charge on any atom is 0.276 e. The zero-order valence-electron chi connectivity index (χ0n) is 12.3. The summed E-state index contributed by atoms with van der Waals surface area (Å²) in [5.74, 6) is -0.00400. The number of thiocarbonyl (C=S) groups is 1. The highest BCUT2D eigenvalue weighted by molar-refractivity contribution is 7.80. The van der Waals surface area contributed by atoms with Crippen LogP contribution in [0.1, 0.15) is 0 Å². The number of nitrogens with one attached hydrogen (secondary N) is 3. The first-order valence-electron chi connectivity index (χ1n) is 6.43. The van der Waals surface area contributed by atoms with Crippen LogP contribution in [0.15, 0.2) is 18.2 Å². The first-order chi connectivity index (χ1) is 10.4. The van der Waals surface area contributed by atoms with Crippen LogP contribution >= 0.6 is 35.4 Å². The van der Waals surface area contributed by atoms with Gasteiger partial charge in [0, 0.05) is 18.1 Å². The fourth-order valence-electron chi connectivity index (χ4n) is 1.34. The van der Waals surface area contributed by atoms with Crippen molar-refractivity contribution in [2.75, 3.05) is 33.8 Å². The molecule has 0 aromatic heterocycles. The summed E-state index contributed by atoms with van der Waals surface area (Å²) < 4.78 is 5.29. The van der Waals surface area contributed by atoms with Crippen LogP contribution < -0.4 is 20.9 Å². The van der Waals surface area contributed by atoms with Crippen LogP contribution in [0.3, 0.4) is 0 Å². The highest BCUT2D eigenvalue weighted by Crippen LogP contribution is 2.27. The van der Waals surface area contributed by atoms with Crippen molar-refractivity contribution < 1.29 is 9.53 Å². The molecule has 0 saturated carbocycles. The molecule has 122 valence electrons. The minimum Gasteiger partial charge on any atom is -0.482 e. The second kappa shape index (κ2) is 9.68. The van der Waals surface area contributed by atoms with Gasteiger partial charge in [0.25, 0.3) is 5.91 Å². The second-order valence-electron chi connectivity index (χ2n) is 4.60. The molecule has 9 heteroatoms. The van der Waals surface area contributed by atoms with Crippen molar-refractivity contribution in [3.63, 3.8) is 0 Å². The highest BCUT2D eigenvalue weighted by atomic mass is 35.5. The van der Waals surface area contributed by atoms with E-state index in [1.165, 1.54) is 0 Å². The number of hydrazine groups is 1. The monoisotopic (exact) mass is 364 g/mol. The third-order valence-electron chi connectivity index (χ3n) is 2.41. The number of carbonyl (C=O) groups is 1. The van der Waals surface area contributed by atoms with Gasteiger partial charge in [-0.2, -0.15) is 0 Å². The van der Waals surface area contributed by atoms with E-state index in [2.05, 4.69) is 16.2 Å². The molecule has 3 N–H and O–H groups in total. The van der Waals surface area contributed by atoms with Gasteiger partial charge >= 0.3 is 0 Å². The van der Waals surface area contributed by atoms with Gasteiger partial charge in [-0.15, -0.1) is 0 Å². The van der Waals surface area contributed by atoms with E-state index in [1.807, 2.05) is 19.0 Å². The molecule has 1 aromatic carbocycles. The van der Waals surface area contributed by atoms with Gasteiger partial charge in [-0.05, 0) is 44.5 Å². The molecule has 0 saturated heterocycles. The maximum absolute atomic E-state index is 11.6. The molecule has 0 aliphatic carbocycles. The van der Waals surface area contributed by atoms with E-state index in [0.717, 1.165) is 6.54 Å². The van der Waals surface area contributed by atoms with Crippen molar-refractivity contribution in [2.24, 2.45) is 0 Å². The molecule has 0 heterocycles. The molecule has 0 spiro atoms. The predicted octanol–water partition coefficient (Wildman–Crippen LogP) is 1.43. The lowest BCUT2D eigenvalue weighted by Crippen LogP contribution is -2.49. The molecular weight excluding hydrogens is 347 g/mol. The molecule has 0 bridgehead atoms. The number of benzene rings is 1. The first-order valence-corrected chi connectivity index (χ1v) is 7.60. The Hall–Kier alpha value is -1.28. The first kappa shape index (κ1) is 18.8. The molecular formula is C13H18Cl2N4O2S. The average molecular weight is 365 g/mol. The van der Waals surface area contributed by atoms with Gasteiger partial charge in [-0.25, -0.2) is 0 Å². The zero-order valence-corrected chi connectivity index (χ0v) is 14.6. The number of halogens is 2. The fraction of sp³-hybridized carbons (Fsp3) is 0.385. The van der Waals surface area contributed by atoms with Gasteiger partial charge < -0.3 is 15.0 Å². The van der Waals surface area contributed by atoms with Crippen LogP contribution in [-0.2, 0) is 4.79 Å². The Morgan fingerprint density at radius 1 is 1.32 bits per heavy atom. The summed E-state index contributed by atoms with van der Waals surface area (Å²) >= 11 is 16.7. The third kappa shape index (κ3) is 7.65. The Labute approximate surface area is 145 Å². The minimum absolute atomic E-state index is 0.200. The van der Waals surface area contributed by atoms with Gasteiger partial charge in [0.05, 0.1) is 5.02 Å². The molecule has 0 unspecified atom stereocenters. The van der Waals surface area contributed by atoms with Crippen molar-refractivity contribution in [3.8, 4) is 5.75 Å². The molecule has 0 fully saturated rings. The Bertz CT molecular complexity index is 529. The van der Waals surface area contributed by atoms with E-state index in [-0.39, 0.29) is 12.5 Å². The Kier molecular flexibility index (Phi) is 8.26. The van der Waals surface area contributed by atoms with Crippen LogP contribution in [0.2, 0.25) is 10.0 Å². The van der Waals surface area contributed by atoms with E-state index >= 15 is 0 Å². The number of hydrogen-bond acceptors (Lipinski definition) is 4. The molecule has 0 radical (unpaired) electrons. The normalized spacial score (nSPS) is 10.2. The van der Waals surface area contributed by atoms with Crippen molar-refractivity contribution in [1.82, 2.24) is 21.1 Å². The van der Waals surface area contributed by atoms with Crippen molar-refractivity contribution in [1.29, 1.82) is 0 Å². The maximum atomic E-state index is 11.6. The second-order valence-corrected chi connectivity index (χ2v) is 5.85. The predicted molar refractivity (Wildman–Crippen MR) is 92.4 cm³/mol. The number of nitrogens with zero attached hydrogens (tertiary/aromatic N) is 1. The summed E-state index contributed by atoms with van der Waals surface area (Å²) in [7, 11) is 3.92. The lowest BCUT2D eigenvalue weighted by Gasteiger charge is -2.14. The fourth-order valence-corrected chi connectivity index (χ4v) is 1.95. The minimum atomic E-state index is -0.386. The number of carbonyl (C=O) groups excluding carboxylic acids is 1. The Balaban J connectivity index is 2.24. The quantitative estimate of drug-likeness (QED) is 0.524. The summed E-state index contributed by atoms with van der Waals surface area (Å²) in [6.07, 6.45) is 0. The number of amides is 1. The Morgan fingerprint density at radius 2 is 2.05 bits per heavy atom. The van der Waals surface area contributed by atoms with Crippen molar-refractivity contribution in [3.05, 3.63) is 28.2 Å². The number of likely N-dealkylation sites (N-methyl/N-ethyl adjacent to an activating group) is 1. The van der Waals surface area contributed by atoms with Crippen LogP contribution in [-0.4, -0.2) is 49.7 Å². The van der Waals surface area contributed by atoms with Gasteiger partial charge in [0.1, 0.15) is 5.75 Å². The number of rotatable bonds is 6. The number of hydrogen-bond donors (Lipinski definition) is 3. The molecule has 1 rings (SSSR count). The van der Waals surface area contributed by atoms with E-state index < -0.39 is 0 Å². The van der Waals surface area contributed by atoms with Gasteiger partial charge in [-0.3, -0.25) is 15.6 Å². The summed E-state index contributed by atoms with van der Waals surface area (Å²) in [5.41, 5.74) is 5.01. The molecule has 22 heavy (non-hydrogen) atoms. The van der Waals surface area contributed by atoms with Crippen molar-refractivity contribution >= 4 is 46.4 Å². The van der Waals surface area contributed by atoms with Crippen LogP contribution in [0.5, 0.6) is 5.75 Å². The number of ether oxygens (including phenoxy) is 1. The zero-order chi connectivity index (χ0) is 16.5. The van der Waals surface area contributed by atoms with E-state index in [1.54, 1.807) is 18.2 Å². The largest absolute Gasteiger partial charge is 0.482 e. The van der Waals surface area contributed by atoms with Crippen LogP contribution in [0.4, 0.5) is 0 Å². The lowest BCUT2D eigenvalue weighted by atomic mass is 10.3. The molecule has 1 amide bonds. The van der Waals surface area contributed by atoms with E-state index in [0.29, 0.717) is 27.5 Å². The van der Waals surface area contributed by atoms with E-state index in [4.69, 9.17) is 40.2 Å². The van der Waals surface area contributed by atoms with Crippen LogP contribution in [0.25, 0.3) is 0 Å². The lowest BCUT2D eigenvalue weighted by molar-refractivity contribution is -0.123. The smallest absolute Gasteiger partial charge is 0.276 e. The molecule has 0 aliphatic rings. The topological polar surface area (TPSA) is 65.6 Å². The van der Waals surface area contributed by atoms with Crippen molar-refractivity contribution in [2.45, 2.75) is 0 Å². The molecule has 0 atom stereocenters. The molecule has 1 aromatic rings. The standard InChI is InChI=1S/C13H18Cl2N4O2S/c1-19(2)6-5-16-13(22)18-17-12(20)8-21-11-4-3-9(14)7-10(11)15/h3-4,7H,5-6,8H2,1-2H3,(H,17,20)(H2,16,18,22). The van der Waals surface area contributed by atoms with Gasteiger partial charge in [0.15, 0.2) is 11.7 Å². The Morgan fingerprint density at radius 3 is 2.68 bits per heavy atom. The van der Waals surface area contributed by atoms with E-state index in [9.17, 15) is 4.79 Å². The van der Waals surface area contributed by atoms with Gasteiger partial charge in [-0.1, -0.05) is 23.2 Å². The van der Waals surface area contributed by atoms with Crippen LogP contribution in [0, 0.1) is 0 Å². The summed E-state index contributed by atoms with van der Waals surface area (Å²) in [5, 5.41) is 4.12. The molecule has 0 aliphatic heterocycles. The highest BCUT2D eigenvalue weighted by Gasteiger charge is 2.06. The summed E-state index contributed by atoms with van der Waals surface area (Å²) in [6, 6.07) is 4.76.